The van der Waals surface area contributed by atoms with E-state index in [2.05, 4.69) is 33.4 Å². The van der Waals surface area contributed by atoms with Crippen LogP contribution in [-0.4, -0.2) is 44.1 Å². The monoisotopic (exact) mass is 542 g/mol. The standard InChI is InChI=1S/C23H31ClN4O.HI/c1-29-21-8-6-18(7-9-21)10-13-26-23(25)27-16-19-11-14-28(15-12-19)17-20-4-2-3-5-22(20)24;/h2-9,19H,10-17H2,1H3,(H3,25,26,27);1H. The number of halogens is 2. The SMILES string of the molecule is COc1ccc(CCNC(N)=NCC2CCN(Cc3ccccc3Cl)CC2)cc1.I. The summed E-state index contributed by atoms with van der Waals surface area (Å²) in [5, 5.41) is 4.07. The Hall–Kier alpha value is -1.51. The third kappa shape index (κ3) is 7.96. The summed E-state index contributed by atoms with van der Waals surface area (Å²) in [4.78, 5) is 7.02. The number of guanidine groups is 1. The molecule has 1 aliphatic rings. The Morgan fingerprint density at radius 3 is 2.53 bits per heavy atom. The summed E-state index contributed by atoms with van der Waals surface area (Å²) in [5.41, 5.74) is 8.49. The summed E-state index contributed by atoms with van der Waals surface area (Å²) in [6.07, 6.45) is 3.20. The van der Waals surface area contributed by atoms with Crippen LogP contribution in [0.2, 0.25) is 5.02 Å². The van der Waals surface area contributed by atoms with E-state index in [9.17, 15) is 0 Å². The van der Waals surface area contributed by atoms with Crippen LogP contribution in [0.1, 0.15) is 24.0 Å². The molecule has 1 heterocycles. The lowest BCUT2D eigenvalue weighted by molar-refractivity contribution is 0.180. The molecule has 5 nitrogen and oxygen atoms in total. The normalized spacial score (nSPS) is 15.5. The Morgan fingerprint density at radius 2 is 1.87 bits per heavy atom. The van der Waals surface area contributed by atoms with Crippen molar-refractivity contribution in [3.8, 4) is 5.75 Å². The molecule has 0 radical (unpaired) electrons. The molecule has 7 heteroatoms. The van der Waals surface area contributed by atoms with Crippen molar-refractivity contribution in [3.63, 3.8) is 0 Å². The molecule has 1 aliphatic heterocycles. The fourth-order valence-electron chi connectivity index (χ4n) is 3.61. The Labute approximate surface area is 202 Å². The average molecular weight is 543 g/mol. The largest absolute Gasteiger partial charge is 0.497 e. The number of nitrogens with one attached hydrogen (secondary N) is 1. The van der Waals surface area contributed by atoms with E-state index in [1.807, 2.05) is 30.3 Å². The molecule has 2 aromatic carbocycles. The van der Waals surface area contributed by atoms with E-state index in [4.69, 9.17) is 22.1 Å². The van der Waals surface area contributed by atoms with Gasteiger partial charge in [-0.05, 0) is 67.6 Å². The van der Waals surface area contributed by atoms with Gasteiger partial charge in [0.1, 0.15) is 5.75 Å². The molecule has 0 unspecified atom stereocenters. The Kier molecular flexibility index (Phi) is 10.7. The Balaban J connectivity index is 0.00000320. The highest BCUT2D eigenvalue weighted by Gasteiger charge is 2.19. The molecule has 0 atom stereocenters. The van der Waals surface area contributed by atoms with Crippen molar-refractivity contribution in [2.24, 2.45) is 16.6 Å². The van der Waals surface area contributed by atoms with Gasteiger partial charge in [-0.2, -0.15) is 0 Å². The van der Waals surface area contributed by atoms with Gasteiger partial charge in [0.25, 0.3) is 0 Å². The van der Waals surface area contributed by atoms with Crippen LogP contribution in [0.15, 0.2) is 53.5 Å². The van der Waals surface area contributed by atoms with Crippen LogP contribution in [0, 0.1) is 5.92 Å². The minimum absolute atomic E-state index is 0. The first-order chi connectivity index (χ1) is 14.1. The second kappa shape index (κ2) is 13.0. The molecule has 0 spiro atoms. The van der Waals surface area contributed by atoms with Crippen LogP contribution in [0.25, 0.3) is 0 Å². The third-order valence-electron chi connectivity index (χ3n) is 5.46. The number of hydrogen-bond acceptors (Lipinski definition) is 3. The molecule has 0 saturated carbocycles. The smallest absolute Gasteiger partial charge is 0.188 e. The van der Waals surface area contributed by atoms with Gasteiger partial charge in [-0.25, -0.2) is 0 Å². The van der Waals surface area contributed by atoms with Crippen molar-refractivity contribution in [3.05, 3.63) is 64.7 Å². The van der Waals surface area contributed by atoms with Crippen LogP contribution in [-0.2, 0) is 13.0 Å². The van der Waals surface area contributed by atoms with Gasteiger partial charge in [-0.15, -0.1) is 24.0 Å². The highest BCUT2D eigenvalue weighted by molar-refractivity contribution is 14.0. The van der Waals surface area contributed by atoms with Crippen LogP contribution >= 0.6 is 35.6 Å². The molecular weight excluding hydrogens is 511 g/mol. The van der Waals surface area contributed by atoms with E-state index >= 15 is 0 Å². The van der Waals surface area contributed by atoms with E-state index in [0.29, 0.717) is 11.9 Å². The molecule has 164 valence electrons. The highest BCUT2D eigenvalue weighted by Crippen LogP contribution is 2.22. The fourth-order valence-corrected chi connectivity index (χ4v) is 3.80. The first-order valence-electron chi connectivity index (χ1n) is 10.3. The predicted octanol–water partition coefficient (Wildman–Crippen LogP) is 4.33. The topological polar surface area (TPSA) is 62.9 Å². The number of likely N-dealkylation sites (tertiary alicyclic amines) is 1. The average Bonchev–Trinajstić information content (AvgIpc) is 2.75. The van der Waals surface area contributed by atoms with Crippen molar-refractivity contribution in [1.82, 2.24) is 10.2 Å². The lowest BCUT2D eigenvalue weighted by Crippen LogP contribution is -2.36. The number of benzene rings is 2. The maximum absolute atomic E-state index is 6.28. The zero-order valence-electron chi connectivity index (χ0n) is 17.5. The van der Waals surface area contributed by atoms with Crippen molar-refractivity contribution >= 4 is 41.5 Å². The molecule has 1 saturated heterocycles. The van der Waals surface area contributed by atoms with E-state index < -0.39 is 0 Å². The number of aliphatic imine (C=N–C) groups is 1. The molecule has 3 N–H and O–H groups in total. The molecule has 0 amide bonds. The first kappa shape index (κ1) is 24.8. The van der Waals surface area contributed by atoms with Gasteiger partial charge in [0.15, 0.2) is 5.96 Å². The summed E-state index contributed by atoms with van der Waals surface area (Å²) in [7, 11) is 1.68. The van der Waals surface area contributed by atoms with Gasteiger partial charge in [0.05, 0.1) is 7.11 Å². The number of methoxy groups -OCH3 is 1. The minimum atomic E-state index is 0. The third-order valence-corrected chi connectivity index (χ3v) is 5.83. The van der Waals surface area contributed by atoms with Gasteiger partial charge in [-0.1, -0.05) is 41.9 Å². The molecule has 2 aromatic rings. The minimum Gasteiger partial charge on any atom is -0.497 e. The van der Waals surface area contributed by atoms with Gasteiger partial charge in [-0.3, -0.25) is 9.89 Å². The summed E-state index contributed by atoms with van der Waals surface area (Å²) in [6.45, 7) is 4.65. The number of nitrogens with two attached hydrogens (primary N) is 1. The van der Waals surface area contributed by atoms with Crippen molar-refractivity contribution in [1.29, 1.82) is 0 Å². The highest BCUT2D eigenvalue weighted by atomic mass is 127. The zero-order chi connectivity index (χ0) is 20.5. The number of hydrogen-bond donors (Lipinski definition) is 2. The molecular formula is C23H32ClIN4O. The molecule has 0 aliphatic carbocycles. The summed E-state index contributed by atoms with van der Waals surface area (Å²) in [6, 6.07) is 16.2. The van der Waals surface area contributed by atoms with E-state index in [1.54, 1.807) is 7.11 Å². The van der Waals surface area contributed by atoms with Crippen LogP contribution < -0.4 is 15.8 Å². The number of ether oxygens (including phenoxy) is 1. The quantitative estimate of drug-likeness (QED) is 0.296. The summed E-state index contributed by atoms with van der Waals surface area (Å²) in [5.74, 6) is 2.01. The van der Waals surface area contributed by atoms with E-state index in [-0.39, 0.29) is 24.0 Å². The molecule has 0 aromatic heterocycles. The fraction of sp³-hybridized carbons (Fsp3) is 0.435. The van der Waals surface area contributed by atoms with Crippen molar-refractivity contribution in [2.45, 2.75) is 25.8 Å². The predicted molar refractivity (Wildman–Crippen MR) is 136 cm³/mol. The number of rotatable bonds is 8. The lowest BCUT2D eigenvalue weighted by atomic mass is 9.96. The van der Waals surface area contributed by atoms with Crippen LogP contribution in [0.5, 0.6) is 5.75 Å². The molecule has 30 heavy (non-hydrogen) atoms. The van der Waals surface area contributed by atoms with Crippen molar-refractivity contribution in [2.75, 3.05) is 33.3 Å². The van der Waals surface area contributed by atoms with Gasteiger partial charge >= 0.3 is 0 Å². The van der Waals surface area contributed by atoms with Gasteiger partial charge in [0, 0.05) is 24.7 Å². The van der Waals surface area contributed by atoms with E-state index in [0.717, 1.165) is 62.8 Å². The second-order valence-corrected chi connectivity index (χ2v) is 7.97. The zero-order valence-corrected chi connectivity index (χ0v) is 20.6. The van der Waals surface area contributed by atoms with Crippen LogP contribution in [0.3, 0.4) is 0 Å². The van der Waals surface area contributed by atoms with Gasteiger partial charge in [0.2, 0.25) is 0 Å². The van der Waals surface area contributed by atoms with Gasteiger partial charge < -0.3 is 15.8 Å². The molecule has 1 fully saturated rings. The lowest BCUT2D eigenvalue weighted by Gasteiger charge is -2.31. The second-order valence-electron chi connectivity index (χ2n) is 7.56. The summed E-state index contributed by atoms with van der Waals surface area (Å²) < 4.78 is 5.18. The Bertz CT molecular complexity index is 792. The van der Waals surface area contributed by atoms with E-state index in [1.165, 1.54) is 11.1 Å². The first-order valence-corrected chi connectivity index (χ1v) is 10.6. The Morgan fingerprint density at radius 1 is 1.17 bits per heavy atom. The molecule has 0 bridgehead atoms. The van der Waals surface area contributed by atoms with Crippen molar-refractivity contribution < 1.29 is 4.74 Å². The maximum Gasteiger partial charge on any atom is 0.188 e. The molecule has 3 rings (SSSR count). The number of piperidine rings is 1. The summed E-state index contributed by atoms with van der Waals surface area (Å²) >= 11 is 6.28. The maximum atomic E-state index is 6.28. The number of nitrogens with zero attached hydrogens (tertiary/aromatic N) is 2. The van der Waals surface area contributed by atoms with Crippen LogP contribution in [0.4, 0.5) is 0 Å².